The van der Waals surface area contributed by atoms with E-state index in [0.717, 1.165) is 32.5 Å². The van der Waals surface area contributed by atoms with Gasteiger partial charge in [0.15, 0.2) is 5.69 Å². The number of anilines is 1. The van der Waals surface area contributed by atoms with Gasteiger partial charge in [-0.3, -0.25) is 4.79 Å². The van der Waals surface area contributed by atoms with Crippen molar-refractivity contribution in [3.8, 4) is 0 Å². The summed E-state index contributed by atoms with van der Waals surface area (Å²) in [5.74, 6) is 0.158. The normalized spacial score (nSPS) is 17.3. The molecule has 19 heavy (non-hydrogen) atoms. The summed E-state index contributed by atoms with van der Waals surface area (Å²) in [5, 5.41) is 10.5. The first kappa shape index (κ1) is 13.7. The third kappa shape index (κ3) is 3.89. The van der Waals surface area contributed by atoms with E-state index in [1.54, 1.807) is 12.1 Å². The van der Waals surface area contributed by atoms with Crippen molar-refractivity contribution in [1.29, 1.82) is 0 Å². The number of piperidine rings is 1. The minimum Gasteiger partial charge on any atom is -0.382 e. The van der Waals surface area contributed by atoms with Crippen LogP contribution in [-0.4, -0.2) is 46.7 Å². The number of hydrogen-bond acceptors (Lipinski definition) is 5. The SMILES string of the molecule is CCCN1CCC(NC(=O)c2ccc(N)nn2)CC1. The largest absolute Gasteiger partial charge is 0.382 e. The van der Waals surface area contributed by atoms with Crippen molar-refractivity contribution in [1.82, 2.24) is 20.4 Å². The minimum atomic E-state index is -0.165. The third-order valence-electron chi connectivity index (χ3n) is 3.38. The zero-order valence-corrected chi connectivity index (χ0v) is 11.3. The molecule has 1 saturated heterocycles. The van der Waals surface area contributed by atoms with Crippen LogP contribution in [0.2, 0.25) is 0 Å². The number of nitrogen functional groups attached to an aromatic ring is 1. The van der Waals surface area contributed by atoms with Crippen LogP contribution < -0.4 is 11.1 Å². The minimum absolute atomic E-state index is 0.165. The van der Waals surface area contributed by atoms with Crippen LogP contribution in [0.5, 0.6) is 0 Å². The van der Waals surface area contributed by atoms with Gasteiger partial charge in [-0.1, -0.05) is 6.92 Å². The number of amides is 1. The number of nitrogens with two attached hydrogens (primary N) is 1. The number of carbonyl (C=O) groups is 1. The first-order chi connectivity index (χ1) is 9.19. The Morgan fingerprint density at radius 2 is 2.16 bits per heavy atom. The van der Waals surface area contributed by atoms with E-state index in [1.165, 1.54) is 6.42 Å². The lowest BCUT2D eigenvalue weighted by Gasteiger charge is -2.31. The molecular weight excluding hydrogens is 242 g/mol. The van der Waals surface area contributed by atoms with Gasteiger partial charge in [0.25, 0.3) is 5.91 Å². The van der Waals surface area contributed by atoms with E-state index in [0.29, 0.717) is 11.5 Å². The van der Waals surface area contributed by atoms with Crippen LogP contribution in [-0.2, 0) is 0 Å². The molecule has 0 unspecified atom stereocenters. The fourth-order valence-corrected chi connectivity index (χ4v) is 2.34. The summed E-state index contributed by atoms with van der Waals surface area (Å²) in [6, 6.07) is 3.43. The molecule has 1 aromatic rings. The molecule has 6 heteroatoms. The smallest absolute Gasteiger partial charge is 0.272 e. The highest BCUT2D eigenvalue weighted by atomic mass is 16.2. The Morgan fingerprint density at radius 1 is 1.42 bits per heavy atom. The second-order valence-electron chi connectivity index (χ2n) is 4.93. The Labute approximate surface area is 113 Å². The molecule has 0 bridgehead atoms. The van der Waals surface area contributed by atoms with Crippen molar-refractivity contribution in [2.75, 3.05) is 25.4 Å². The molecule has 3 N–H and O–H groups in total. The van der Waals surface area contributed by atoms with E-state index in [9.17, 15) is 4.79 Å². The third-order valence-corrected chi connectivity index (χ3v) is 3.38. The van der Waals surface area contributed by atoms with Gasteiger partial charge in [-0.15, -0.1) is 10.2 Å². The van der Waals surface area contributed by atoms with Crippen molar-refractivity contribution in [3.63, 3.8) is 0 Å². The lowest BCUT2D eigenvalue weighted by atomic mass is 10.0. The average molecular weight is 263 g/mol. The molecule has 1 aromatic heterocycles. The van der Waals surface area contributed by atoms with Crippen LogP contribution in [0.3, 0.4) is 0 Å². The number of carbonyl (C=O) groups excluding carboxylic acids is 1. The summed E-state index contributed by atoms with van der Waals surface area (Å²) in [7, 11) is 0. The van der Waals surface area contributed by atoms with Gasteiger partial charge in [-0.05, 0) is 37.9 Å². The fraction of sp³-hybridized carbons (Fsp3) is 0.615. The Kier molecular flexibility index (Phi) is 4.68. The zero-order chi connectivity index (χ0) is 13.7. The fourth-order valence-electron chi connectivity index (χ4n) is 2.34. The molecule has 1 aliphatic heterocycles. The van der Waals surface area contributed by atoms with Crippen LogP contribution in [0, 0.1) is 0 Å². The summed E-state index contributed by atoms with van der Waals surface area (Å²) >= 11 is 0. The van der Waals surface area contributed by atoms with E-state index in [-0.39, 0.29) is 11.9 Å². The highest BCUT2D eigenvalue weighted by molar-refractivity contribution is 5.92. The maximum absolute atomic E-state index is 12.0. The molecule has 0 spiro atoms. The van der Waals surface area contributed by atoms with Crippen molar-refractivity contribution in [2.24, 2.45) is 0 Å². The van der Waals surface area contributed by atoms with Crippen LogP contribution in [0.4, 0.5) is 5.82 Å². The summed E-state index contributed by atoms with van der Waals surface area (Å²) in [6.07, 6.45) is 3.17. The number of likely N-dealkylation sites (tertiary alicyclic amines) is 1. The van der Waals surface area contributed by atoms with Gasteiger partial charge >= 0.3 is 0 Å². The van der Waals surface area contributed by atoms with Crippen LogP contribution >= 0.6 is 0 Å². The van der Waals surface area contributed by atoms with Crippen LogP contribution in [0.15, 0.2) is 12.1 Å². The second-order valence-corrected chi connectivity index (χ2v) is 4.93. The zero-order valence-electron chi connectivity index (χ0n) is 11.3. The Bertz CT molecular complexity index is 412. The number of aromatic nitrogens is 2. The predicted molar refractivity (Wildman–Crippen MR) is 73.7 cm³/mol. The monoisotopic (exact) mass is 263 g/mol. The first-order valence-corrected chi connectivity index (χ1v) is 6.81. The maximum atomic E-state index is 12.0. The van der Waals surface area contributed by atoms with Crippen molar-refractivity contribution in [3.05, 3.63) is 17.8 Å². The van der Waals surface area contributed by atoms with Crippen LogP contribution in [0.1, 0.15) is 36.7 Å². The van der Waals surface area contributed by atoms with E-state index < -0.39 is 0 Å². The maximum Gasteiger partial charge on any atom is 0.272 e. The predicted octanol–water partition coefficient (Wildman–Crippen LogP) is 0.663. The van der Waals surface area contributed by atoms with E-state index in [1.807, 2.05) is 0 Å². The molecule has 1 aliphatic rings. The average Bonchev–Trinajstić information content (AvgIpc) is 2.42. The molecular formula is C13H21N5O. The first-order valence-electron chi connectivity index (χ1n) is 6.81. The number of nitrogens with zero attached hydrogens (tertiary/aromatic N) is 3. The number of hydrogen-bond donors (Lipinski definition) is 2. The molecule has 6 nitrogen and oxygen atoms in total. The van der Waals surface area contributed by atoms with Gasteiger partial charge < -0.3 is 16.0 Å². The Morgan fingerprint density at radius 3 is 2.74 bits per heavy atom. The number of nitrogens with one attached hydrogen (secondary N) is 1. The summed E-state index contributed by atoms with van der Waals surface area (Å²) in [5.41, 5.74) is 5.77. The Hall–Kier alpha value is -1.69. The van der Waals surface area contributed by atoms with Crippen molar-refractivity contribution >= 4 is 11.7 Å². The van der Waals surface area contributed by atoms with Crippen molar-refractivity contribution < 1.29 is 4.79 Å². The summed E-state index contributed by atoms with van der Waals surface area (Å²) < 4.78 is 0. The molecule has 0 atom stereocenters. The standard InChI is InChI=1S/C13H21N5O/c1-2-7-18-8-5-10(6-9-18)15-13(19)11-3-4-12(14)17-16-11/h3-4,10H,2,5-9H2,1H3,(H2,14,17)(H,15,19). The molecule has 2 rings (SSSR count). The van der Waals surface area contributed by atoms with Gasteiger partial charge in [0.05, 0.1) is 0 Å². The molecule has 0 aliphatic carbocycles. The molecule has 0 saturated carbocycles. The van der Waals surface area contributed by atoms with E-state index in [4.69, 9.17) is 5.73 Å². The Balaban J connectivity index is 1.82. The topological polar surface area (TPSA) is 84.1 Å². The van der Waals surface area contributed by atoms with Gasteiger partial charge in [0, 0.05) is 19.1 Å². The lowest BCUT2D eigenvalue weighted by molar-refractivity contribution is 0.0905. The molecule has 2 heterocycles. The second kappa shape index (κ2) is 6.47. The molecule has 1 amide bonds. The van der Waals surface area contributed by atoms with Gasteiger partial charge in [0.2, 0.25) is 0 Å². The molecule has 0 radical (unpaired) electrons. The van der Waals surface area contributed by atoms with Gasteiger partial charge in [-0.2, -0.15) is 0 Å². The van der Waals surface area contributed by atoms with Gasteiger partial charge in [0.1, 0.15) is 5.82 Å². The highest BCUT2D eigenvalue weighted by Crippen LogP contribution is 2.11. The summed E-state index contributed by atoms with van der Waals surface area (Å²) in [6.45, 7) is 5.43. The van der Waals surface area contributed by atoms with Crippen molar-refractivity contribution in [2.45, 2.75) is 32.2 Å². The van der Waals surface area contributed by atoms with E-state index >= 15 is 0 Å². The molecule has 1 fully saturated rings. The molecule has 0 aromatic carbocycles. The quantitative estimate of drug-likeness (QED) is 0.834. The lowest BCUT2D eigenvalue weighted by Crippen LogP contribution is -2.45. The van der Waals surface area contributed by atoms with E-state index in [2.05, 4.69) is 27.3 Å². The van der Waals surface area contributed by atoms with Crippen LogP contribution in [0.25, 0.3) is 0 Å². The molecule has 104 valence electrons. The number of rotatable bonds is 4. The summed E-state index contributed by atoms with van der Waals surface area (Å²) in [4.78, 5) is 14.4. The van der Waals surface area contributed by atoms with Gasteiger partial charge in [-0.25, -0.2) is 0 Å². The highest BCUT2D eigenvalue weighted by Gasteiger charge is 2.21.